The minimum Gasteiger partial charge on any atom is -0.481 e. The van der Waals surface area contributed by atoms with Crippen LogP contribution in [-0.2, 0) is 33.4 Å². The molecule has 2 rings (SSSR count). The lowest BCUT2D eigenvalue weighted by atomic mass is 9.99. The number of allylic oxidation sites excluding steroid dienone is 2. The van der Waals surface area contributed by atoms with Gasteiger partial charge < -0.3 is 19.3 Å². The number of hydrogen-bond acceptors (Lipinski definition) is 7. The maximum Gasteiger partial charge on any atom is 0.313 e. The average molecular weight is 467 g/mol. The first-order valence-electron chi connectivity index (χ1n) is 11.0. The molecule has 0 unspecified atom stereocenters. The number of methoxy groups -OCH3 is 1. The average Bonchev–Trinajstić information content (AvgIpc) is 3.53. The number of esters is 3. The zero-order chi connectivity index (χ0) is 25.8. The summed E-state index contributed by atoms with van der Waals surface area (Å²) in [5, 5.41) is 9.10. The summed E-state index contributed by atoms with van der Waals surface area (Å²) in [5.41, 5.74) is -2.81. The fourth-order valence-electron chi connectivity index (χ4n) is 3.79. The van der Waals surface area contributed by atoms with Gasteiger partial charge in [-0.15, -0.1) is 13.2 Å². The zero-order valence-corrected chi connectivity index (χ0v) is 20.9. The van der Waals surface area contributed by atoms with Gasteiger partial charge in [0.2, 0.25) is 0 Å². The molecule has 0 radical (unpaired) electrons. The molecule has 0 aliphatic heterocycles. The largest absolute Gasteiger partial charge is 0.481 e. The molecule has 2 aliphatic rings. The molecule has 2 saturated carbocycles. The van der Waals surface area contributed by atoms with Gasteiger partial charge in [-0.3, -0.25) is 19.2 Å². The predicted octanol–water partition coefficient (Wildman–Crippen LogP) is 4.08. The lowest BCUT2D eigenvalue weighted by molar-refractivity contribution is -0.162. The number of carbonyl (C=O) groups is 4. The summed E-state index contributed by atoms with van der Waals surface area (Å²) in [6.45, 7) is 17.9. The topological polar surface area (TPSA) is 116 Å². The van der Waals surface area contributed by atoms with E-state index in [4.69, 9.17) is 19.3 Å². The fourth-order valence-corrected chi connectivity index (χ4v) is 3.79. The molecule has 186 valence electrons. The highest BCUT2D eigenvalue weighted by Gasteiger charge is 2.61. The van der Waals surface area contributed by atoms with E-state index in [2.05, 4.69) is 13.2 Å². The van der Waals surface area contributed by atoms with E-state index >= 15 is 0 Å². The van der Waals surface area contributed by atoms with Crippen molar-refractivity contribution in [3.8, 4) is 0 Å². The van der Waals surface area contributed by atoms with Crippen LogP contribution in [0.5, 0.6) is 0 Å². The highest BCUT2D eigenvalue weighted by atomic mass is 16.6. The first-order valence-corrected chi connectivity index (χ1v) is 11.0. The van der Waals surface area contributed by atoms with E-state index in [1.807, 2.05) is 0 Å². The number of carboxylic acids is 1. The van der Waals surface area contributed by atoms with Gasteiger partial charge in [0.1, 0.15) is 11.2 Å². The Balaban J connectivity index is 0.000000331. The number of hydrogen-bond donors (Lipinski definition) is 1. The van der Waals surface area contributed by atoms with Crippen LogP contribution in [0.3, 0.4) is 0 Å². The summed E-state index contributed by atoms with van der Waals surface area (Å²) in [6.07, 6.45) is 4.37. The maximum absolute atomic E-state index is 11.7. The van der Waals surface area contributed by atoms with E-state index < -0.39 is 34.0 Å². The molecule has 8 nitrogen and oxygen atoms in total. The van der Waals surface area contributed by atoms with Crippen LogP contribution in [0.1, 0.15) is 67.2 Å². The number of aliphatic carboxylic acids is 1. The molecule has 0 aromatic rings. The second-order valence-electron chi connectivity index (χ2n) is 10.7. The summed E-state index contributed by atoms with van der Waals surface area (Å²) >= 11 is 0. The Kier molecular flexibility index (Phi) is 8.69. The Hall–Kier alpha value is -2.64. The maximum atomic E-state index is 11.7. The van der Waals surface area contributed by atoms with Crippen LogP contribution in [0.25, 0.3) is 0 Å². The van der Waals surface area contributed by atoms with Crippen LogP contribution >= 0.6 is 0 Å². The van der Waals surface area contributed by atoms with Crippen LogP contribution in [-0.4, -0.2) is 47.3 Å². The molecular formula is C25H38O8. The third-order valence-corrected chi connectivity index (χ3v) is 5.61. The molecule has 33 heavy (non-hydrogen) atoms. The Labute approximate surface area is 196 Å². The summed E-state index contributed by atoms with van der Waals surface area (Å²) in [6, 6.07) is 0. The van der Waals surface area contributed by atoms with E-state index in [0.29, 0.717) is 12.8 Å². The molecule has 4 atom stereocenters. The Morgan fingerprint density at radius 3 is 1.48 bits per heavy atom. The van der Waals surface area contributed by atoms with Crippen LogP contribution in [0.2, 0.25) is 0 Å². The molecular weight excluding hydrogens is 428 g/mol. The van der Waals surface area contributed by atoms with Crippen molar-refractivity contribution in [3.63, 3.8) is 0 Å². The standard InChI is InChI=1S/C13H20O4.C12H18O4/c1-6-9-7-13(9,11(15)16-5)8-10(14)17-12(2,3)4;1-5-8-6-12(8,10(14)15)7-9(13)16-11(2,3)4/h6,9H,1,7-8H2,2-5H3;5,8H,1,6-7H2,2-4H3,(H,14,15)/t9-,13-;8-,12-/m11/s1. The second kappa shape index (κ2) is 10.1. The summed E-state index contributed by atoms with van der Waals surface area (Å²) in [4.78, 5) is 46.1. The van der Waals surface area contributed by atoms with Gasteiger partial charge in [0, 0.05) is 0 Å². The number of ether oxygens (including phenoxy) is 3. The normalized spacial score (nSPS) is 27.7. The molecule has 2 aliphatic carbocycles. The number of carboxylic acid groups (broad SMARTS) is 1. The monoisotopic (exact) mass is 466 g/mol. The van der Waals surface area contributed by atoms with Crippen molar-refractivity contribution in [2.75, 3.05) is 7.11 Å². The van der Waals surface area contributed by atoms with E-state index in [1.54, 1.807) is 53.7 Å². The van der Waals surface area contributed by atoms with Gasteiger partial charge in [0.05, 0.1) is 30.8 Å². The van der Waals surface area contributed by atoms with Crippen LogP contribution in [0.4, 0.5) is 0 Å². The molecule has 0 aromatic heterocycles. The first-order chi connectivity index (χ1) is 15.0. The van der Waals surface area contributed by atoms with Gasteiger partial charge in [0.15, 0.2) is 0 Å². The molecule has 8 heteroatoms. The van der Waals surface area contributed by atoms with Crippen molar-refractivity contribution in [1.82, 2.24) is 0 Å². The quantitative estimate of drug-likeness (QED) is 0.323. The van der Waals surface area contributed by atoms with E-state index in [-0.39, 0.29) is 36.6 Å². The van der Waals surface area contributed by atoms with Gasteiger partial charge in [-0.2, -0.15) is 0 Å². The highest BCUT2D eigenvalue weighted by molar-refractivity contribution is 5.87. The van der Waals surface area contributed by atoms with Crippen LogP contribution < -0.4 is 0 Å². The molecule has 0 spiro atoms. The minimum absolute atomic E-state index is 0.0162. The summed E-state index contributed by atoms with van der Waals surface area (Å²) in [5.74, 6) is -2.22. The molecule has 0 aromatic carbocycles. The Morgan fingerprint density at radius 2 is 1.21 bits per heavy atom. The lowest BCUT2D eigenvalue weighted by Crippen LogP contribution is -2.29. The first kappa shape index (κ1) is 28.4. The lowest BCUT2D eigenvalue weighted by Gasteiger charge is -2.21. The molecule has 0 amide bonds. The summed E-state index contributed by atoms with van der Waals surface area (Å²) in [7, 11) is 1.33. The van der Waals surface area contributed by atoms with Gasteiger partial charge in [-0.1, -0.05) is 12.2 Å². The Morgan fingerprint density at radius 1 is 0.848 bits per heavy atom. The second-order valence-corrected chi connectivity index (χ2v) is 10.7. The summed E-state index contributed by atoms with van der Waals surface area (Å²) < 4.78 is 15.1. The van der Waals surface area contributed by atoms with Crippen LogP contribution in [0, 0.1) is 22.7 Å². The zero-order valence-electron chi connectivity index (χ0n) is 20.9. The van der Waals surface area contributed by atoms with Crippen molar-refractivity contribution in [1.29, 1.82) is 0 Å². The fraction of sp³-hybridized carbons (Fsp3) is 0.680. The Bertz CT molecular complexity index is 800. The van der Waals surface area contributed by atoms with Gasteiger partial charge >= 0.3 is 23.9 Å². The molecule has 1 N–H and O–H groups in total. The number of carbonyl (C=O) groups excluding carboxylic acids is 3. The van der Waals surface area contributed by atoms with E-state index in [0.717, 1.165) is 0 Å². The van der Waals surface area contributed by atoms with E-state index in [9.17, 15) is 19.2 Å². The third kappa shape index (κ3) is 7.72. The van der Waals surface area contributed by atoms with Crippen molar-refractivity contribution < 1.29 is 38.5 Å². The SMILES string of the molecule is C=C[C@@H]1C[C@]1(CC(=O)OC(C)(C)C)C(=O)O.C=C[C@@H]1C[C@]1(CC(=O)OC(C)(C)C)C(=O)OC. The van der Waals surface area contributed by atoms with Crippen molar-refractivity contribution >= 4 is 23.9 Å². The van der Waals surface area contributed by atoms with E-state index in [1.165, 1.54) is 7.11 Å². The number of rotatable bonds is 8. The minimum atomic E-state index is -0.968. The van der Waals surface area contributed by atoms with Crippen molar-refractivity contribution in [2.24, 2.45) is 22.7 Å². The smallest absolute Gasteiger partial charge is 0.313 e. The van der Waals surface area contributed by atoms with Gasteiger partial charge in [-0.25, -0.2) is 0 Å². The van der Waals surface area contributed by atoms with Crippen molar-refractivity contribution in [2.45, 2.75) is 78.4 Å². The highest BCUT2D eigenvalue weighted by Crippen LogP contribution is 2.57. The van der Waals surface area contributed by atoms with Gasteiger partial charge in [0.25, 0.3) is 0 Å². The van der Waals surface area contributed by atoms with Crippen molar-refractivity contribution in [3.05, 3.63) is 25.3 Å². The van der Waals surface area contributed by atoms with Gasteiger partial charge in [-0.05, 0) is 66.2 Å². The molecule has 0 bridgehead atoms. The molecule has 2 fully saturated rings. The third-order valence-electron chi connectivity index (χ3n) is 5.61. The predicted molar refractivity (Wildman–Crippen MR) is 122 cm³/mol. The molecule has 0 saturated heterocycles. The molecule has 0 heterocycles. The van der Waals surface area contributed by atoms with Crippen LogP contribution in [0.15, 0.2) is 25.3 Å².